The van der Waals surface area contributed by atoms with Crippen molar-refractivity contribution in [3.05, 3.63) is 29.8 Å². The Morgan fingerprint density at radius 2 is 1.50 bits per heavy atom. The van der Waals surface area contributed by atoms with Crippen LogP contribution in [0.4, 0.5) is 13.2 Å². The fourth-order valence-corrected chi connectivity index (χ4v) is 3.43. The highest BCUT2D eigenvalue weighted by molar-refractivity contribution is 7.85. The number of ether oxygens (including phenoxy) is 2. The lowest BCUT2D eigenvalue weighted by Crippen LogP contribution is -2.39. The summed E-state index contributed by atoms with van der Waals surface area (Å²) in [7, 11) is -5.04. The third-order valence-electron chi connectivity index (χ3n) is 4.43. The molecule has 32 heavy (non-hydrogen) atoms. The van der Waals surface area contributed by atoms with Crippen LogP contribution in [0.25, 0.3) is 0 Å². The average molecular weight is 483 g/mol. The Kier molecular flexibility index (Phi) is 8.52. The molecule has 1 aromatic rings. The van der Waals surface area contributed by atoms with E-state index in [1.54, 1.807) is 0 Å². The predicted octanol–water partition coefficient (Wildman–Crippen LogP) is 4.67. The zero-order valence-corrected chi connectivity index (χ0v) is 19.6. The third kappa shape index (κ3) is 9.56. The molecule has 0 aliphatic carbocycles. The van der Waals surface area contributed by atoms with Crippen molar-refractivity contribution < 1.29 is 45.2 Å². The van der Waals surface area contributed by atoms with Crippen LogP contribution in [0, 0.1) is 16.7 Å². The molecule has 0 saturated heterocycles. The lowest BCUT2D eigenvalue weighted by molar-refractivity contribution is -0.197. The molecule has 0 saturated carbocycles. The maximum atomic E-state index is 12.9. The number of halogens is 3. The number of hydrogen-bond acceptors (Lipinski definition) is 6. The highest BCUT2D eigenvalue weighted by Crippen LogP contribution is 2.37. The number of alkyl halides is 3. The Morgan fingerprint density at radius 3 is 1.88 bits per heavy atom. The molecule has 7 nitrogen and oxygen atoms in total. The van der Waals surface area contributed by atoms with Crippen molar-refractivity contribution >= 4 is 22.1 Å². The Hall–Kier alpha value is -2.14. The van der Waals surface area contributed by atoms with Gasteiger partial charge in [0.15, 0.2) is 0 Å². The van der Waals surface area contributed by atoms with Crippen LogP contribution in [0.15, 0.2) is 24.3 Å². The molecule has 0 heterocycles. The Bertz CT molecular complexity index is 909. The van der Waals surface area contributed by atoms with Crippen LogP contribution in [0.1, 0.15) is 58.3 Å². The van der Waals surface area contributed by atoms with Crippen molar-refractivity contribution in [1.82, 2.24) is 0 Å². The zero-order chi connectivity index (χ0) is 25.1. The average Bonchev–Trinajstić information content (AvgIpc) is 2.56. The summed E-state index contributed by atoms with van der Waals surface area (Å²) in [5, 5.41) is 0. The number of carbonyl (C=O) groups excluding carboxylic acids is 2. The summed E-state index contributed by atoms with van der Waals surface area (Å²) in [5.41, 5.74) is -0.841. The third-order valence-corrected chi connectivity index (χ3v) is 5.16. The first-order valence-corrected chi connectivity index (χ1v) is 11.3. The lowest BCUT2D eigenvalue weighted by Gasteiger charge is -2.33. The number of esters is 2. The van der Waals surface area contributed by atoms with Gasteiger partial charge < -0.3 is 9.47 Å². The molecule has 1 rings (SSSR count). The number of benzene rings is 1. The van der Waals surface area contributed by atoms with E-state index in [0.717, 1.165) is 12.1 Å². The molecule has 0 bridgehead atoms. The molecule has 0 aromatic heterocycles. The molecule has 0 spiro atoms. The molecule has 1 N–H and O–H groups in total. The van der Waals surface area contributed by atoms with Gasteiger partial charge in [-0.3, -0.25) is 9.35 Å². The molecule has 0 aliphatic heterocycles. The van der Waals surface area contributed by atoms with Gasteiger partial charge >= 0.3 is 18.1 Å². The summed E-state index contributed by atoms with van der Waals surface area (Å²) in [5.74, 6) is -4.10. The molecular formula is C21H29F3O7S. The summed E-state index contributed by atoms with van der Waals surface area (Å²) >= 11 is 0. The quantitative estimate of drug-likeness (QED) is 0.342. The van der Waals surface area contributed by atoms with E-state index in [0.29, 0.717) is 6.42 Å². The monoisotopic (exact) mass is 482 g/mol. The van der Waals surface area contributed by atoms with E-state index in [4.69, 9.17) is 9.29 Å². The minimum Gasteiger partial charge on any atom is -0.448 e. The normalized spacial score (nSPS) is 15.1. The molecule has 11 heteroatoms. The van der Waals surface area contributed by atoms with E-state index < -0.39 is 46.0 Å². The van der Waals surface area contributed by atoms with Crippen molar-refractivity contribution in [3.8, 4) is 5.75 Å². The standard InChI is InChI=1S/C21H29F3O7S/c1-19(2,3)11-15(20(4,5)6)18(26)30-14-9-7-13(8-10-14)17(25)31-16(21(22,23)24)12-32(27,28)29/h7-10,15-16H,11-12H2,1-6H3,(H,27,28,29). The molecule has 0 radical (unpaired) electrons. The number of hydrogen-bond donors (Lipinski definition) is 1. The molecular weight excluding hydrogens is 453 g/mol. The summed E-state index contributed by atoms with van der Waals surface area (Å²) in [4.78, 5) is 24.7. The van der Waals surface area contributed by atoms with E-state index in [1.807, 2.05) is 41.5 Å². The Labute approximate surface area is 186 Å². The second-order valence-electron chi connectivity index (χ2n) is 9.81. The van der Waals surface area contributed by atoms with Gasteiger partial charge in [-0.15, -0.1) is 0 Å². The largest absolute Gasteiger partial charge is 0.448 e. The highest BCUT2D eigenvalue weighted by Gasteiger charge is 2.45. The van der Waals surface area contributed by atoms with Gasteiger partial charge in [-0.2, -0.15) is 21.6 Å². The second-order valence-corrected chi connectivity index (χ2v) is 11.3. The lowest BCUT2D eigenvalue weighted by atomic mass is 9.72. The summed E-state index contributed by atoms with van der Waals surface area (Å²) < 4.78 is 78.6. The maximum absolute atomic E-state index is 12.9. The molecule has 0 amide bonds. The molecule has 0 aliphatic rings. The predicted molar refractivity (Wildman–Crippen MR) is 111 cm³/mol. The number of carbonyl (C=O) groups is 2. The topological polar surface area (TPSA) is 107 Å². The smallest absolute Gasteiger partial charge is 0.426 e. The van der Waals surface area contributed by atoms with Crippen LogP contribution in [-0.4, -0.2) is 42.9 Å². The molecule has 0 fully saturated rings. The first-order chi connectivity index (χ1) is 14.2. The van der Waals surface area contributed by atoms with E-state index in [-0.39, 0.29) is 22.1 Å². The number of rotatable bonds is 7. The van der Waals surface area contributed by atoms with Gasteiger partial charge in [0.1, 0.15) is 11.5 Å². The fraction of sp³-hybridized carbons (Fsp3) is 0.619. The second kappa shape index (κ2) is 9.78. The first-order valence-electron chi connectivity index (χ1n) is 9.74. The highest BCUT2D eigenvalue weighted by atomic mass is 32.2. The van der Waals surface area contributed by atoms with Gasteiger partial charge in [0, 0.05) is 0 Å². The molecule has 1 aromatic carbocycles. The van der Waals surface area contributed by atoms with E-state index in [9.17, 15) is 31.2 Å². The van der Waals surface area contributed by atoms with Gasteiger partial charge in [0.25, 0.3) is 10.1 Å². The van der Waals surface area contributed by atoms with Crippen LogP contribution in [0.2, 0.25) is 0 Å². The van der Waals surface area contributed by atoms with Crippen LogP contribution < -0.4 is 4.74 Å². The zero-order valence-electron chi connectivity index (χ0n) is 18.8. The summed E-state index contributed by atoms with van der Waals surface area (Å²) in [6.07, 6.45) is -7.67. The van der Waals surface area contributed by atoms with Crippen LogP contribution in [-0.2, 0) is 19.6 Å². The van der Waals surface area contributed by atoms with Gasteiger partial charge in [-0.25, -0.2) is 4.79 Å². The van der Waals surface area contributed by atoms with E-state index >= 15 is 0 Å². The van der Waals surface area contributed by atoms with Gasteiger partial charge in [-0.1, -0.05) is 41.5 Å². The van der Waals surface area contributed by atoms with E-state index in [2.05, 4.69) is 4.74 Å². The van der Waals surface area contributed by atoms with Crippen LogP contribution in [0.5, 0.6) is 5.75 Å². The molecule has 2 unspecified atom stereocenters. The molecule has 2 atom stereocenters. The van der Waals surface area contributed by atoms with Gasteiger partial charge in [0.2, 0.25) is 6.10 Å². The van der Waals surface area contributed by atoms with Crippen molar-refractivity contribution in [2.24, 2.45) is 16.7 Å². The summed E-state index contributed by atoms with van der Waals surface area (Å²) in [6, 6.07) is 4.61. The van der Waals surface area contributed by atoms with E-state index in [1.165, 1.54) is 12.1 Å². The first kappa shape index (κ1) is 27.9. The minimum absolute atomic E-state index is 0.0833. The van der Waals surface area contributed by atoms with Gasteiger partial charge in [-0.05, 0) is 41.5 Å². The minimum atomic E-state index is -5.20. The molecule has 182 valence electrons. The van der Waals surface area contributed by atoms with Crippen LogP contribution in [0.3, 0.4) is 0 Å². The van der Waals surface area contributed by atoms with Crippen LogP contribution >= 0.6 is 0 Å². The Balaban J connectivity index is 2.95. The van der Waals surface area contributed by atoms with Crippen molar-refractivity contribution in [3.63, 3.8) is 0 Å². The fourth-order valence-electron chi connectivity index (χ4n) is 2.79. The summed E-state index contributed by atoms with van der Waals surface area (Å²) in [6.45, 7) is 11.7. The van der Waals surface area contributed by atoms with Gasteiger partial charge in [0.05, 0.1) is 11.5 Å². The SMILES string of the molecule is CC(C)(C)CC(C(=O)Oc1ccc(C(=O)OC(CS(=O)(=O)O)C(F)(F)F)cc1)C(C)(C)C. The maximum Gasteiger partial charge on any atom is 0.426 e. The van der Waals surface area contributed by atoms with Crippen molar-refractivity contribution in [1.29, 1.82) is 0 Å². The van der Waals surface area contributed by atoms with Crippen molar-refractivity contribution in [2.75, 3.05) is 5.75 Å². The van der Waals surface area contributed by atoms with Crippen molar-refractivity contribution in [2.45, 2.75) is 60.2 Å². The Morgan fingerprint density at radius 1 is 1.00 bits per heavy atom.